The molecule has 0 aliphatic rings. The lowest BCUT2D eigenvalue weighted by atomic mass is 10.0. The van der Waals surface area contributed by atoms with Gasteiger partial charge in [0.25, 0.3) is 0 Å². The van der Waals surface area contributed by atoms with Gasteiger partial charge in [0.15, 0.2) is 11.6 Å². The SMILES string of the molecule is COc1ccc(C(=O)CCCCCCC(=O)c2ccc(OC)cc2)cc1. The molecule has 0 aliphatic heterocycles. The zero-order valence-corrected chi connectivity index (χ0v) is 15.5. The highest BCUT2D eigenvalue weighted by molar-refractivity contribution is 5.96. The quantitative estimate of drug-likeness (QED) is 0.416. The van der Waals surface area contributed by atoms with E-state index < -0.39 is 0 Å². The Labute approximate surface area is 155 Å². The molecular formula is C22H26O4. The predicted octanol–water partition coefficient (Wildman–Crippen LogP) is 5.11. The van der Waals surface area contributed by atoms with Crippen molar-refractivity contribution in [2.45, 2.75) is 38.5 Å². The van der Waals surface area contributed by atoms with Gasteiger partial charge in [-0.25, -0.2) is 0 Å². The first-order chi connectivity index (χ1) is 12.6. The fourth-order valence-corrected chi connectivity index (χ4v) is 2.77. The van der Waals surface area contributed by atoms with Crippen LogP contribution in [0.25, 0.3) is 0 Å². The van der Waals surface area contributed by atoms with Gasteiger partial charge in [-0.15, -0.1) is 0 Å². The monoisotopic (exact) mass is 354 g/mol. The van der Waals surface area contributed by atoms with Gasteiger partial charge in [0.2, 0.25) is 0 Å². The van der Waals surface area contributed by atoms with Crippen LogP contribution in [0.3, 0.4) is 0 Å². The third kappa shape index (κ3) is 6.03. The summed E-state index contributed by atoms with van der Waals surface area (Å²) in [6.07, 6.45) is 4.69. The van der Waals surface area contributed by atoms with Gasteiger partial charge >= 0.3 is 0 Å². The minimum absolute atomic E-state index is 0.155. The van der Waals surface area contributed by atoms with Crippen LogP contribution in [-0.2, 0) is 0 Å². The van der Waals surface area contributed by atoms with Crippen LogP contribution in [0.2, 0.25) is 0 Å². The van der Waals surface area contributed by atoms with Crippen molar-refractivity contribution in [2.24, 2.45) is 0 Å². The van der Waals surface area contributed by atoms with E-state index in [4.69, 9.17) is 9.47 Å². The first-order valence-corrected chi connectivity index (χ1v) is 8.98. The van der Waals surface area contributed by atoms with Crippen LogP contribution >= 0.6 is 0 Å². The number of hydrogen-bond donors (Lipinski definition) is 0. The molecule has 0 saturated heterocycles. The Morgan fingerprint density at radius 1 is 0.615 bits per heavy atom. The van der Waals surface area contributed by atoms with Crippen molar-refractivity contribution in [3.05, 3.63) is 59.7 Å². The summed E-state index contributed by atoms with van der Waals surface area (Å²) in [6.45, 7) is 0. The predicted molar refractivity (Wildman–Crippen MR) is 102 cm³/mol. The second-order valence-electron chi connectivity index (χ2n) is 6.22. The summed E-state index contributed by atoms with van der Waals surface area (Å²) in [5.74, 6) is 1.81. The Balaban J connectivity index is 1.62. The summed E-state index contributed by atoms with van der Waals surface area (Å²) >= 11 is 0. The molecule has 0 atom stereocenters. The first-order valence-electron chi connectivity index (χ1n) is 8.98. The topological polar surface area (TPSA) is 52.6 Å². The van der Waals surface area contributed by atoms with E-state index in [1.807, 2.05) is 0 Å². The van der Waals surface area contributed by atoms with E-state index in [0.29, 0.717) is 12.8 Å². The normalized spacial score (nSPS) is 10.4. The maximum Gasteiger partial charge on any atom is 0.162 e. The first kappa shape index (κ1) is 19.7. The number of methoxy groups -OCH3 is 2. The third-order valence-electron chi connectivity index (χ3n) is 4.38. The molecule has 0 radical (unpaired) electrons. The van der Waals surface area contributed by atoms with Crippen LogP contribution in [0.1, 0.15) is 59.2 Å². The third-order valence-corrected chi connectivity index (χ3v) is 4.38. The fraction of sp³-hybridized carbons (Fsp3) is 0.364. The molecule has 4 nitrogen and oxygen atoms in total. The number of Topliss-reactive ketones (excluding diaryl/α,β-unsaturated/α-hetero) is 2. The zero-order chi connectivity index (χ0) is 18.8. The van der Waals surface area contributed by atoms with Crippen LogP contribution in [0, 0.1) is 0 Å². The molecule has 4 heteroatoms. The number of carbonyl (C=O) groups excluding carboxylic acids is 2. The Bertz CT molecular complexity index is 638. The average Bonchev–Trinajstić information content (AvgIpc) is 2.70. The molecule has 2 aromatic rings. The molecule has 0 heterocycles. The van der Waals surface area contributed by atoms with E-state index in [2.05, 4.69) is 0 Å². The average molecular weight is 354 g/mol. The summed E-state index contributed by atoms with van der Waals surface area (Å²) < 4.78 is 10.2. The summed E-state index contributed by atoms with van der Waals surface area (Å²) in [4.78, 5) is 24.2. The van der Waals surface area contributed by atoms with E-state index in [-0.39, 0.29) is 11.6 Å². The standard InChI is InChI=1S/C22H26O4/c1-25-19-13-9-17(10-14-19)21(23)7-5-3-4-6-8-22(24)18-11-15-20(26-2)16-12-18/h9-16H,3-8H2,1-2H3. The minimum atomic E-state index is 0.155. The van der Waals surface area contributed by atoms with Gasteiger partial charge in [-0.1, -0.05) is 12.8 Å². The molecule has 138 valence electrons. The van der Waals surface area contributed by atoms with Crippen molar-refractivity contribution in [3.8, 4) is 11.5 Å². The maximum atomic E-state index is 12.1. The van der Waals surface area contributed by atoms with Crippen molar-refractivity contribution >= 4 is 11.6 Å². The van der Waals surface area contributed by atoms with E-state index >= 15 is 0 Å². The number of benzene rings is 2. The molecule has 26 heavy (non-hydrogen) atoms. The molecule has 0 fully saturated rings. The molecule has 0 saturated carbocycles. The number of rotatable bonds is 11. The second-order valence-corrected chi connectivity index (χ2v) is 6.22. The fourth-order valence-electron chi connectivity index (χ4n) is 2.77. The van der Waals surface area contributed by atoms with Crippen LogP contribution in [0.15, 0.2) is 48.5 Å². The lowest BCUT2D eigenvalue weighted by Crippen LogP contribution is -2.00. The van der Waals surface area contributed by atoms with Crippen LogP contribution in [0.5, 0.6) is 11.5 Å². The molecule has 2 rings (SSSR count). The molecule has 0 amide bonds. The van der Waals surface area contributed by atoms with Crippen molar-refractivity contribution < 1.29 is 19.1 Å². The maximum absolute atomic E-state index is 12.1. The van der Waals surface area contributed by atoms with E-state index in [0.717, 1.165) is 48.3 Å². The van der Waals surface area contributed by atoms with Crippen molar-refractivity contribution in [1.29, 1.82) is 0 Å². The molecule has 0 aromatic heterocycles. The van der Waals surface area contributed by atoms with Crippen LogP contribution in [-0.4, -0.2) is 25.8 Å². The molecule has 0 bridgehead atoms. The molecule has 0 N–H and O–H groups in total. The van der Waals surface area contributed by atoms with E-state index in [1.165, 1.54) is 0 Å². The lowest BCUT2D eigenvalue weighted by molar-refractivity contribution is 0.0966. The van der Waals surface area contributed by atoms with Gasteiger partial charge in [-0.3, -0.25) is 9.59 Å². The summed E-state index contributed by atoms with van der Waals surface area (Å²) in [6, 6.07) is 14.4. The Kier molecular flexibility index (Phi) is 7.87. The van der Waals surface area contributed by atoms with E-state index in [1.54, 1.807) is 62.8 Å². The lowest BCUT2D eigenvalue weighted by Gasteiger charge is -2.04. The van der Waals surface area contributed by atoms with Gasteiger partial charge in [-0.2, -0.15) is 0 Å². The smallest absolute Gasteiger partial charge is 0.162 e. The summed E-state index contributed by atoms with van der Waals surface area (Å²) in [7, 11) is 3.21. The zero-order valence-electron chi connectivity index (χ0n) is 15.5. The molecule has 2 aromatic carbocycles. The highest BCUT2D eigenvalue weighted by Gasteiger charge is 2.07. The summed E-state index contributed by atoms with van der Waals surface area (Å²) in [5.41, 5.74) is 1.45. The van der Waals surface area contributed by atoms with Gasteiger partial charge in [0, 0.05) is 24.0 Å². The molecular weight excluding hydrogens is 328 g/mol. The Morgan fingerprint density at radius 2 is 0.962 bits per heavy atom. The van der Waals surface area contributed by atoms with Gasteiger partial charge < -0.3 is 9.47 Å². The van der Waals surface area contributed by atoms with Crippen molar-refractivity contribution in [2.75, 3.05) is 14.2 Å². The van der Waals surface area contributed by atoms with Crippen molar-refractivity contribution in [1.82, 2.24) is 0 Å². The second kappa shape index (κ2) is 10.4. The number of carbonyl (C=O) groups is 2. The highest BCUT2D eigenvalue weighted by Crippen LogP contribution is 2.16. The van der Waals surface area contributed by atoms with E-state index in [9.17, 15) is 9.59 Å². The molecule has 0 unspecified atom stereocenters. The van der Waals surface area contributed by atoms with Gasteiger partial charge in [0.05, 0.1) is 14.2 Å². The Morgan fingerprint density at radius 3 is 1.27 bits per heavy atom. The summed E-state index contributed by atoms with van der Waals surface area (Å²) in [5, 5.41) is 0. The van der Waals surface area contributed by atoms with Gasteiger partial charge in [-0.05, 0) is 61.4 Å². The molecule has 0 aliphatic carbocycles. The number of unbranched alkanes of at least 4 members (excludes halogenated alkanes) is 3. The highest BCUT2D eigenvalue weighted by atomic mass is 16.5. The minimum Gasteiger partial charge on any atom is -0.497 e. The number of hydrogen-bond acceptors (Lipinski definition) is 4. The van der Waals surface area contributed by atoms with Crippen molar-refractivity contribution in [3.63, 3.8) is 0 Å². The molecule has 0 spiro atoms. The van der Waals surface area contributed by atoms with Gasteiger partial charge in [0.1, 0.15) is 11.5 Å². The van der Waals surface area contributed by atoms with Crippen LogP contribution < -0.4 is 9.47 Å². The number of ether oxygens (including phenoxy) is 2. The largest absolute Gasteiger partial charge is 0.497 e. The van der Waals surface area contributed by atoms with Crippen LogP contribution in [0.4, 0.5) is 0 Å². The Hall–Kier alpha value is -2.62. The number of ketones is 2.